The van der Waals surface area contributed by atoms with Gasteiger partial charge in [0.2, 0.25) is 0 Å². The molecule has 164 valence electrons. The number of carbonyl (C=O) groups excluding carboxylic acids is 2. The summed E-state index contributed by atoms with van der Waals surface area (Å²) >= 11 is 0. The highest BCUT2D eigenvalue weighted by Crippen LogP contribution is 2.19. The molecule has 1 aromatic heterocycles. The maximum Gasteiger partial charge on any atom is 0.335 e. The van der Waals surface area contributed by atoms with Gasteiger partial charge in [0.25, 0.3) is 5.91 Å². The molecule has 1 saturated heterocycles. The van der Waals surface area contributed by atoms with Crippen LogP contribution in [0, 0.1) is 0 Å². The zero-order valence-corrected chi connectivity index (χ0v) is 17.9. The number of aromatic nitrogens is 2. The Labute approximate surface area is 181 Å². The molecule has 3 rings (SSSR count). The summed E-state index contributed by atoms with van der Waals surface area (Å²) in [6.07, 6.45) is 7.82. The molecule has 0 radical (unpaired) electrons. The van der Waals surface area contributed by atoms with Gasteiger partial charge < -0.3 is 15.0 Å². The van der Waals surface area contributed by atoms with Crippen molar-refractivity contribution >= 4 is 24.0 Å². The molecular formula is C23H28N4O4. The monoisotopic (exact) mass is 424 g/mol. The van der Waals surface area contributed by atoms with Gasteiger partial charge in [-0.1, -0.05) is 38.8 Å². The highest BCUT2D eigenvalue weighted by molar-refractivity contribution is 6.13. The van der Waals surface area contributed by atoms with E-state index in [1.807, 2.05) is 11.5 Å². The molecule has 0 saturated carbocycles. The van der Waals surface area contributed by atoms with Gasteiger partial charge in [0.1, 0.15) is 11.5 Å². The van der Waals surface area contributed by atoms with Crippen LogP contribution in [-0.2, 0) is 17.8 Å². The summed E-state index contributed by atoms with van der Waals surface area (Å²) in [6, 6.07) is 6.30. The summed E-state index contributed by atoms with van der Waals surface area (Å²) in [5, 5.41) is 11.8. The number of rotatable bonds is 10. The molecule has 8 nitrogen and oxygen atoms in total. The predicted octanol–water partition coefficient (Wildman–Crippen LogP) is 3.67. The largest absolute Gasteiger partial charge is 0.478 e. The molecule has 1 fully saturated rings. The Bertz CT molecular complexity index is 992. The number of nitrogens with one attached hydrogen (secondary N) is 1. The number of benzene rings is 1. The van der Waals surface area contributed by atoms with Crippen molar-refractivity contribution in [2.45, 2.75) is 52.5 Å². The van der Waals surface area contributed by atoms with Crippen LogP contribution in [0.1, 0.15) is 67.0 Å². The summed E-state index contributed by atoms with van der Waals surface area (Å²) in [6.45, 7) is 5.00. The maximum absolute atomic E-state index is 12.7. The maximum atomic E-state index is 12.7. The number of hydrogen-bond donors (Lipinski definition) is 2. The van der Waals surface area contributed by atoms with E-state index in [1.54, 1.807) is 36.5 Å². The first-order valence-corrected chi connectivity index (χ1v) is 10.7. The first-order valence-electron chi connectivity index (χ1n) is 10.7. The van der Waals surface area contributed by atoms with Crippen molar-refractivity contribution in [1.82, 2.24) is 19.8 Å². The molecule has 8 heteroatoms. The first kappa shape index (κ1) is 22.3. The highest BCUT2D eigenvalue weighted by atomic mass is 16.4. The van der Waals surface area contributed by atoms with E-state index in [9.17, 15) is 14.4 Å². The number of amides is 3. The van der Waals surface area contributed by atoms with Crippen molar-refractivity contribution in [1.29, 1.82) is 0 Å². The van der Waals surface area contributed by atoms with Crippen LogP contribution in [0.3, 0.4) is 0 Å². The normalized spacial score (nSPS) is 15.0. The lowest BCUT2D eigenvalue weighted by molar-refractivity contribution is -0.122. The predicted molar refractivity (Wildman–Crippen MR) is 116 cm³/mol. The smallest absolute Gasteiger partial charge is 0.335 e. The molecule has 2 N–H and O–H groups in total. The zero-order chi connectivity index (χ0) is 22.4. The van der Waals surface area contributed by atoms with E-state index in [4.69, 9.17) is 5.11 Å². The molecule has 0 spiro atoms. The van der Waals surface area contributed by atoms with E-state index in [2.05, 4.69) is 17.2 Å². The molecule has 1 aliphatic heterocycles. The molecule has 0 unspecified atom stereocenters. The lowest BCUT2D eigenvalue weighted by Gasteiger charge is -2.11. The SMILES string of the molecule is CCCCc1ncc(C=C2NC(=O)N(CCCC)C2=O)n1Cc1ccc(C(=O)O)cc1. The number of urea groups is 1. The second-order valence-electron chi connectivity index (χ2n) is 7.59. The van der Waals surface area contributed by atoms with Crippen LogP contribution >= 0.6 is 0 Å². The topological polar surface area (TPSA) is 105 Å². The van der Waals surface area contributed by atoms with Gasteiger partial charge in [0, 0.05) is 19.5 Å². The minimum absolute atomic E-state index is 0.231. The highest BCUT2D eigenvalue weighted by Gasteiger charge is 2.33. The number of aryl methyl sites for hydroxylation is 1. The van der Waals surface area contributed by atoms with Gasteiger partial charge in [-0.15, -0.1) is 0 Å². The Morgan fingerprint density at radius 2 is 1.84 bits per heavy atom. The van der Waals surface area contributed by atoms with E-state index in [-0.39, 0.29) is 17.2 Å². The van der Waals surface area contributed by atoms with Crippen molar-refractivity contribution in [3.63, 3.8) is 0 Å². The number of imide groups is 1. The van der Waals surface area contributed by atoms with Crippen molar-refractivity contribution in [3.05, 3.63) is 58.8 Å². The van der Waals surface area contributed by atoms with Crippen LogP contribution in [0.15, 0.2) is 36.2 Å². The molecule has 0 aliphatic carbocycles. The van der Waals surface area contributed by atoms with Gasteiger partial charge in [-0.3, -0.25) is 9.69 Å². The third kappa shape index (κ3) is 5.20. The van der Waals surface area contributed by atoms with Crippen molar-refractivity contribution in [2.24, 2.45) is 0 Å². The quantitative estimate of drug-likeness (QED) is 0.447. The molecule has 1 aromatic carbocycles. The number of carboxylic acids is 1. The molecule has 2 aromatic rings. The summed E-state index contributed by atoms with van der Waals surface area (Å²) in [7, 11) is 0. The van der Waals surface area contributed by atoms with Gasteiger partial charge in [-0.2, -0.15) is 0 Å². The van der Waals surface area contributed by atoms with Gasteiger partial charge in [0.05, 0.1) is 17.5 Å². The van der Waals surface area contributed by atoms with Crippen LogP contribution in [-0.4, -0.2) is 44.0 Å². The van der Waals surface area contributed by atoms with Gasteiger partial charge >= 0.3 is 12.0 Å². The van der Waals surface area contributed by atoms with E-state index < -0.39 is 12.0 Å². The van der Waals surface area contributed by atoms with Crippen LogP contribution < -0.4 is 5.32 Å². The third-order valence-corrected chi connectivity index (χ3v) is 5.25. The number of aromatic carboxylic acids is 1. The van der Waals surface area contributed by atoms with Crippen molar-refractivity contribution in [3.8, 4) is 0 Å². The Balaban J connectivity index is 1.89. The average Bonchev–Trinajstić information content (AvgIpc) is 3.25. The van der Waals surface area contributed by atoms with Crippen molar-refractivity contribution < 1.29 is 19.5 Å². The minimum Gasteiger partial charge on any atom is -0.478 e. The third-order valence-electron chi connectivity index (χ3n) is 5.25. The van der Waals surface area contributed by atoms with Crippen LogP contribution in [0.4, 0.5) is 4.79 Å². The number of imidazole rings is 1. The fraction of sp³-hybridized carbons (Fsp3) is 0.391. The zero-order valence-electron chi connectivity index (χ0n) is 17.9. The summed E-state index contributed by atoms with van der Waals surface area (Å²) in [5.41, 5.74) is 2.11. The molecule has 0 atom stereocenters. The van der Waals surface area contributed by atoms with E-state index in [0.29, 0.717) is 13.1 Å². The van der Waals surface area contributed by atoms with Crippen LogP contribution in [0.2, 0.25) is 0 Å². The second kappa shape index (κ2) is 10.1. The van der Waals surface area contributed by atoms with E-state index >= 15 is 0 Å². The van der Waals surface area contributed by atoms with Gasteiger partial charge in [-0.05, 0) is 36.6 Å². The number of nitrogens with zero attached hydrogens (tertiary/aromatic N) is 3. The van der Waals surface area contributed by atoms with Crippen LogP contribution in [0.25, 0.3) is 6.08 Å². The molecule has 3 amide bonds. The summed E-state index contributed by atoms with van der Waals surface area (Å²) < 4.78 is 2.01. The Kier molecular flexibility index (Phi) is 7.23. The summed E-state index contributed by atoms with van der Waals surface area (Å²) in [5.74, 6) is -0.408. The molecule has 31 heavy (non-hydrogen) atoms. The first-order chi connectivity index (χ1) is 14.9. The molecule has 2 heterocycles. The van der Waals surface area contributed by atoms with Gasteiger partial charge in [0.15, 0.2) is 0 Å². The standard InChI is InChI=1S/C23H28N4O4/c1-3-5-7-20-24-14-18(13-19-21(28)26(12-6-4-2)23(31)25-19)27(20)15-16-8-10-17(11-9-16)22(29)30/h8-11,13-14H,3-7,12,15H2,1-2H3,(H,25,31)(H,29,30). The van der Waals surface area contributed by atoms with E-state index in [0.717, 1.165) is 49.2 Å². The van der Waals surface area contributed by atoms with Crippen molar-refractivity contribution in [2.75, 3.05) is 6.54 Å². The Morgan fingerprint density at radius 3 is 2.48 bits per heavy atom. The number of carboxylic acid groups (broad SMARTS) is 1. The Morgan fingerprint density at radius 1 is 1.13 bits per heavy atom. The minimum atomic E-state index is -0.966. The average molecular weight is 425 g/mol. The van der Waals surface area contributed by atoms with E-state index in [1.165, 1.54) is 4.90 Å². The second-order valence-corrected chi connectivity index (χ2v) is 7.59. The lowest BCUT2D eigenvalue weighted by atomic mass is 10.1. The Hall–Kier alpha value is -3.42. The molecule has 1 aliphatic rings. The number of carbonyl (C=O) groups is 3. The van der Waals surface area contributed by atoms with Gasteiger partial charge in [-0.25, -0.2) is 14.6 Å². The number of unbranched alkanes of at least 4 members (excludes halogenated alkanes) is 2. The lowest BCUT2D eigenvalue weighted by Crippen LogP contribution is -2.31. The molecule has 0 bridgehead atoms. The number of hydrogen-bond acceptors (Lipinski definition) is 4. The fourth-order valence-corrected chi connectivity index (χ4v) is 3.44. The van der Waals surface area contributed by atoms with Crippen LogP contribution in [0.5, 0.6) is 0 Å². The summed E-state index contributed by atoms with van der Waals surface area (Å²) in [4.78, 5) is 41.7. The molecular weight excluding hydrogens is 396 g/mol. The fourth-order valence-electron chi connectivity index (χ4n) is 3.44.